The van der Waals surface area contributed by atoms with E-state index in [0.29, 0.717) is 0 Å². The van der Waals surface area contributed by atoms with Crippen molar-refractivity contribution in [3.63, 3.8) is 0 Å². The van der Waals surface area contributed by atoms with Crippen molar-refractivity contribution in [2.75, 3.05) is 5.75 Å². The van der Waals surface area contributed by atoms with Crippen LogP contribution in [0.3, 0.4) is 0 Å². The van der Waals surface area contributed by atoms with Gasteiger partial charge in [0.05, 0.1) is 23.3 Å². The van der Waals surface area contributed by atoms with Crippen LogP contribution in [0.5, 0.6) is 0 Å². The predicted molar refractivity (Wildman–Crippen MR) is 134 cm³/mol. The highest BCUT2D eigenvalue weighted by molar-refractivity contribution is 8.16. The van der Waals surface area contributed by atoms with Gasteiger partial charge in [0, 0.05) is 17.1 Å². The molecule has 2 aliphatic rings. The Morgan fingerprint density at radius 3 is 2.45 bits per heavy atom. The van der Waals surface area contributed by atoms with E-state index in [0.717, 1.165) is 45.0 Å². The molecule has 0 saturated carbocycles. The first-order valence-corrected chi connectivity index (χ1v) is 12.9. The lowest BCUT2D eigenvalue weighted by molar-refractivity contribution is -0.114. The van der Waals surface area contributed by atoms with Crippen LogP contribution in [0.2, 0.25) is 0 Å². The lowest BCUT2D eigenvalue weighted by atomic mass is 10.1. The molecule has 2 aliphatic heterocycles. The van der Waals surface area contributed by atoms with Gasteiger partial charge in [-0.15, -0.1) is 0 Å². The van der Waals surface area contributed by atoms with Gasteiger partial charge in [-0.25, -0.2) is 13.3 Å². The minimum absolute atomic E-state index is 0.0258. The second-order valence-electron chi connectivity index (χ2n) is 8.58. The third kappa shape index (κ3) is 4.20. The molecule has 1 amide bonds. The van der Waals surface area contributed by atoms with Crippen LogP contribution in [-0.2, 0) is 14.6 Å². The Morgan fingerprint density at radius 2 is 1.82 bits per heavy atom. The number of rotatable bonds is 4. The number of sulfone groups is 1. The fourth-order valence-electron chi connectivity index (χ4n) is 3.89. The van der Waals surface area contributed by atoms with E-state index in [1.165, 1.54) is 0 Å². The quantitative estimate of drug-likeness (QED) is 0.521. The molecule has 33 heavy (non-hydrogen) atoms. The maximum absolute atomic E-state index is 12.8. The number of fused-ring (bicyclic) bond motifs is 1. The first-order chi connectivity index (χ1) is 15.5. The molecule has 2 aromatic rings. The molecule has 4 rings (SSSR count). The number of amides is 1. The van der Waals surface area contributed by atoms with Crippen LogP contribution < -0.4 is 0 Å². The van der Waals surface area contributed by atoms with E-state index in [2.05, 4.69) is 14.0 Å². The van der Waals surface area contributed by atoms with Crippen molar-refractivity contribution in [2.45, 2.75) is 34.6 Å². The van der Waals surface area contributed by atoms with E-state index in [9.17, 15) is 13.2 Å². The summed E-state index contributed by atoms with van der Waals surface area (Å²) < 4.78 is 31.8. The van der Waals surface area contributed by atoms with Crippen LogP contribution in [0.1, 0.15) is 36.4 Å². The molecule has 0 saturated heterocycles. The molecular weight excluding hydrogens is 458 g/mol. The van der Waals surface area contributed by atoms with E-state index in [1.54, 1.807) is 19.9 Å². The Balaban J connectivity index is 1.74. The summed E-state index contributed by atoms with van der Waals surface area (Å²) >= 11 is 0.804. The highest BCUT2D eigenvalue weighted by Crippen LogP contribution is 2.31. The second-order valence-corrected chi connectivity index (χ2v) is 11.2. The first kappa shape index (κ1) is 23.2. The smallest absolute Gasteiger partial charge is 0.283 e. The van der Waals surface area contributed by atoms with Crippen molar-refractivity contribution in [2.24, 2.45) is 15.3 Å². The molecule has 1 aromatic carbocycles. The molecule has 0 aliphatic carbocycles. The Hall–Kier alpha value is -2.98. The fourth-order valence-corrected chi connectivity index (χ4v) is 6.62. The summed E-state index contributed by atoms with van der Waals surface area (Å²) in [6, 6.07) is 10.1. The Morgan fingerprint density at radius 1 is 1.15 bits per heavy atom. The molecule has 10 heteroatoms. The van der Waals surface area contributed by atoms with Crippen LogP contribution in [0, 0.1) is 32.1 Å². The van der Waals surface area contributed by atoms with Gasteiger partial charge in [-0.2, -0.15) is 9.39 Å². The van der Waals surface area contributed by atoms with Crippen LogP contribution in [0.25, 0.3) is 11.8 Å². The van der Waals surface area contributed by atoms with Crippen LogP contribution in [0.15, 0.2) is 45.3 Å². The van der Waals surface area contributed by atoms with Gasteiger partial charge in [0.2, 0.25) is 20.2 Å². The van der Waals surface area contributed by atoms with Gasteiger partial charge in [-0.05, 0) is 56.5 Å². The molecule has 8 nitrogen and oxygen atoms in total. The normalized spacial score (nSPS) is 17.6. The van der Waals surface area contributed by atoms with Crippen molar-refractivity contribution in [3.05, 3.63) is 58.4 Å². The predicted octanol–water partition coefficient (Wildman–Crippen LogP) is 4.05. The monoisotopic (exact) mass is 483 g/mol. The zero-order valence-corrected chi connectivity index (χ0v) is 20.7. The summed E-state index contributed by atoms with van der Waals surface area (Å²) in [6.45, 7) is 9.54. The molecule has 1 N–H and O–H groups in total. The number of nitrogens with zero attached hydrogens (tertiary/aromatic N) is 4. The van der Waals surface area contributed by atoms with Gasteiger partial charge in [-0.1, -0.05) is 31.5 Å². The molecular formula is C23H25N5O3S2. The largest absolute Gasteiger partial charge is 0.318 e. The van der Waals surface area contributed by atoms with Gasteiger partial charge in [-0.3, -0.25) is 10.2 Å². The molecule has 0 bridgehead atoms. The van der Waals surface area contributed by atoms with Gasteiger partial charge in [0.25, 0.3) is 5.91 Å². The number of aliphatic imine (C=N–C) groups is 1. The number of nitrogens with one attached hydrogen (secondary N) is 1. The van der Waals surface area contributed by atoms with Crippen molar-refractivity contribution < 1.29 is 13.2 Å². The average molecular weight is 484 g/mol. The molecule has 1 aromatic heterocycles. The number of aryl methyl sites for hydroxylation is 2. The summed E-state index contributed by atoms with van der Waals surface area (Å²) in [6.07, 6.45) is 1.60. The number of aromatic nitrogens is 1. The Labute approximate surface area is 197 Å². The molecule has 0 spiro atoms. The van der Waals surface area contributed by atoms with Crippen molar-refractivity contribution in [1.82, 2.24) is 9.47 Å². The molecule has 0 atom stereocenters. The van der Waals surface area contributed by atoms with E-state index < -0.39 is 15.7 Å². The highest BCUT2D eigenvalue weighted by Gasteiger charge is 2.42. The molecule has 0 fully saturated rings. The van der Waals surface area contributed by atoms with Gasteiger partial charge < -0.3 is 4.57 Å². The van der Waals surface area contributed by atoms with Crippen LogP contribution >= 0.6 is 11.9 Å². The van der Waals surface area contributed by atoms with Crippen molar-refractivity contribution >= 4 is 49.9 Å². The Kier molecular flexibility index (Phi) is 5.92. The van der Waals surface area contributed by atoms with E-state index in [1.807, 2.05) is 51.1 Å². The number of benzene rings is 1. The topological polar surface area (TPSA) is 108 Å². The van der Waals surface area contributed by atoms with E-state index in [-0.39, 0.29) is 33.4 Å². The summed E-state index contributed by atoms with van der Waals surface area (Å²) in [5, 5.41) is 8.51. The maximum atomic E-state index is 12.8. The Bertz CT molecular complexity index is 1360. The zero-order chi connectivity index (χ0) is 24.1. The minimum atomic E-state index is -3.74. The molecule has 3 heterocycles. The first-order valence-electron chi connectivity index (χ1n) is 10.5. The highest BCUT2D eigenvalue weighted by atomic mass is 32.2. The van der Waals surface area contributed by atoms with Gasteiger partial charge >= 0.3 is 0 Å². The van der Waals surface area contributed by atoms with Gasteiger partial charge in [0.1, 0.15) is 5.84 Å². The minimum Gasteiger partial charge on any atom is -0.318 e. The third-order valence-corrected chi connectivity index (χ3v) is 8.14. The summed E-state index contributed by atoms with van der Waals surface area (Å²) in [4.78, 5) is 17.9. The summed E-state index contributed by atoms with van der Waals surface area (Å²) in [5.74, 6) is -1.03. The fraction of sp³-hybridized carbons (Fsp3) is 0.304. The maximum Gasteiger partial charge on any atom is 0.283 e. The lowest BCUT2D eigenvalue weighted by Gasteiger charge is -2.24. The van der Waals surface area contributed by atoms with E-state index >= 15 is 0 Å². The molecule has 0 unspecified atom stereocenters. The van der Waals surface area contributed by atoms with Crippen LogP contribution in [-0.4, -0.2) is 45.7 Å². The van der Waals surface area contributed by atoms with Crippen LogP contribution in [0.4, 0.5) is 0 Å². The molecule has 172 valence electrons. The van der Waals surface area contributed by atoms with Crippen molar-refractivity contribution in [1.29, 1.82) is 5.41 Å². The second kappa shape index (κ2) is 8.42. The lowest BCUT2D eigenvalue weighted by Crippen LogP contribution is -2.46. The number of amidine groups is 3. The summed E-state index contributed by atoms with van der Waals surface area (Å²) in [7, 11) is -3.74. The number of carbonyl (C=O) groups is 1. The number of hydrogen-bond donors (Lipinski definition) is 1. The van der Waals surface area contributed by atoms with E-state index in [4.69, 9.17) is 5.41 Å². The van der Waals surface area contributed by atoms with Gasteiger partial charge in [0.15, 0.2) is 0 Å². The third-order valence-electron chi connectivity index (χ3n) is 5.39. The summed E-state index contributed by atoms with van der Waals surface area (Å²) in [5.41, 5.74) is 4.81. The SMILES string of the molecule is Cc1ccc(-n2c(C)cc(/C=C3/C(=N)N4C(=NC3=O)SN=C4S(=O)(=O)CC(C)C)c2C)cc1. The van der Waals surface area contributed by atoms with Crippen molar-refractivity contribution in [3.8, 4) is 5.69 Å². The zero-order valence-electron chi connectivity index (χ0n) is 19.1. The number of hydrogen-bond acceptors (Lipinski definition) is 6. The number of carbonyl (C=O) groups excluding carboxylic acids is 1. The average Bonchev–Trinajstić information content (AvgIpc) is 3.26. The molecule has 0 radical (unpaired) electrons. The standard InChI is InChI=1S/C23H25N5O3S2/c1-13(2)12-33(30,31)23-26-32-22-25-21(29)19(20(24)28(22)23)11-17-10-15(4)27(16(17)5)18-8-6-14(3)7-9-18/h6-11,13,24H,12H2,1-5H3/b19-11-,24-20?.